The van der Waals surface area contributed by atoms with Gasteiger partial charge in [0, 0.05) is 12.2 Å². The van der Waals surface area contributed by atoms with Crippen LogP contribution < -0.4 is 5.73 Å². The SMILES string of the molecule is Cc1ccc(C(=O)N(CCO)CC(F)(F)F)c(N)c1. The van der Waals surface area contributed by atoms with Gasteiger partial charge in [-0.3, -0.25) is 4.79 Å². The first kappa shape index (κ1) is 15.3. The van der Waals surface area contributed by atoms with Crippen molar-refractivity contribution in [1.82, 2.24) is 4.90 Å². The van der Waals surface area contributed by atoms with E-state index in [1.54, 1.807) is 13.0 Å². The second kappa shape index (κ2) is 5.92. The molecule has 0 bridgehead atoms. The van der Waals surface area contributed by atoms with Crippen molar-refractivity contribution in [1.29, 1.82) is 0 Å². The van der Waals surface area contributed by atoms with Crippen LogP contribution >= 0.6 is 0 Å². The molecule has 4 nitrogen and oxygen atoms in total. The van der Waals surface area contributed by atoms with Crippen LogP contribution in [0.4, 0.5) is 18.9 Å². The van der Waals surface area contributed by atoms with Crippen molar-refractivity contribution in [3.63, 3.8) is 0 Å². The number of hydrogen-bond acceptors (Lipinski definition) is 3. The Kier molecular flexibility index (Phi) is 4.77. The molecule has 19 heavy (non-hydrogen) atoms. The zero-order valence-electron chi connectivity index (χ0n) is 10.4. The number of aliphatic hydroxyl groups is 1. The number of benzene rings is 1. The standard InChI is InChI=1S/C12H15F3N2O2/c1-8-2-3-9(10(16)6-8)11(19)17(4-5-18)7-12(13,14)15/h2-3,6,18H,4-5,7,16H2,1H3. The van der Waals surface area contributed by atoms with Crippen LogP contribution in [0.1, 0.15) is 15.9 Å². The van der Waals surface area contributed by atoms with Gasteiger partial charge in [-0.2, -0.15) is 13.2 Å². The molecule has 0 aliphatic heterocycles. The summed E-state index contributed by atoms with van der Waals surface area (Å²) in [6.45, 7) is -0.606. The summed E-state index contributed by atoms with van der Waals surface area (Å²) in [7, 11) is 0. The molecule has 0 radical (unpaired) electrons. The number of halogens is 3. The largest absolute Gasteiger partial charge is 0.406 e. The molecule has 0 unspecified atom stereocenters. The molecule has 0 saturated carbocycles. The third-order valence-electron chi connectivity index (χ3n) is 2.46. The molecule has 1 aromatic carbocycles. The minimum atomic E-state index is -4.52. The smallest absolute Gasteiger partial charge is 0.398 e. The van der Waals surface area contributed by atoms with Gasteiger partial charge in [-0.25, -0.2) is 0 Å². The average molecular weight is 276 g/mol. The Morgan fingerprint density at radius 2 is 2.05 bits per heavy atom. The third-order valence-corrected chi connectivity index (χ3v) is 2.46. The van der Waals surface area contributed by atoms with E-state index in [2.05, 4.69) is 0 Å². The molecule has 0 fully saturated rings. The first-order valence-electron chi connectivity index (χ1n) is 5.57. The van der Waals surface area contributed by atoms with Crippen LogP contribution in [0.25, 0.3) is 0 Å². The molecule has 0 spiro atoms. The summed E-state index contributed by atoms with van der Waals surface area (Å²) >= 11 is 0. The summed E-state index contributed by atoms with van der Waals surface area (Å²) in [5.74, 6) is -0.844. The normalized spacial score (nSPS) is 11.4. The molecule has 106 valence electrons. The van der Waals surface area contributed by atoms with Crippen LogP contribution in [0, 0.1) is 6.92 Å². The summed E-state index contributed by atoms with van der Waals surface area (Å²) < 4.78 is 37.1. The summed E-state index contributed by atoms with van der Waals surface area (Å²) in [5.41, 5.74) is 6.56. The number of rotatable bonds is 4. The van der Waals surface area contributed by atoms with Crippen molar-refractivity contribution in [3.8, 4) is 0 Å². The van der Waals surface area contributed by atoms with Crippen molar-refractivity contribution >= 4 is 11.6 Å². The van der Waals surface area contributed by atoms with E-state index in [4.69, 9.17) is 10.8 Å². The lowest BCUT2D eigenvalue weighted by Crippen LogP contribution is -2.40. The summed E-state index contributed by atoms with van der Waals surface area (Å²) in [5, 5.41) is 8.75. The van der Waals surface area contributed by atoms with Crippen molar-refractivity contribution in [2.24, 2.45) is 0 Å². The molecule has 0 saturated heterocycles. The van der Waals surface area contributed by atoms with E-state index in [0.29, 0.717) is 4.90 Å². The van der Waals surface area contributed by atoms with Crippen molar-refractivity contribution < 1.29 is 23.1 Å². The summed E-state index contributed by atoms with van der Waals surface area (Å²) in [6.07, 6.45) is -4.52. The Morgan fingerprint density at radius 3 is 2.53 bits per heavy atom. The van der Waals surface area contributed by atoms with Crippen molar-refractivity contribution in [3.05, 3.63) is 29.3 Å². The molecule has 0 atom stereocenters. The molecule has 3 N–H and O–H groups in total. The minimum Gasteiger partial charge on any atom is -0.398 e. The highest BCUT2D eigenvalue weighted by Crippen LogP contribution is 2.20. The van der Waals surface area contributed by atoms with Gasteiger partial charge in [-0.1, -0.05) is 6.07 Å². The number of hydrogen-bond donors (Lipinski definition) is 2. The number of nitrogen functional groups attached to an aromatic ring is 1. The maximum Gasteiger partial charge on any atom is 0.406 e. The van der Waals surface area contributed by atoms with E-state index in [9.17, 15) is 18.0 Å². The number of carbonyl (C=O) groups is 1. The van der Waals surface area contributed by atoms with Crippen molar-refractivity contribution in [2.75, 3.05) is 25.4 Å². The first-order chi connectivity index (χ1) is 8.74. The predicted octanol–water partition coefficient (Wildman–Crippen LogP) is 1.57. The molecular formula is C12H15F3N2O2. The van der Waals surface area contributed by atoms with Crippen LogP contribution in [-0.2, 0) is 0 Å². The van der Waals surface area contributed by atoms with Gasteiger partial charge < -0.3 is 15.7 Å². The molecule has 0 aliphatic carbocycles. The van der Waals surface area contributed by atoms with Gasteiger partial charge >= 0.3 is 6.18 Å². The maximum atomic E-state index is 12.4. The second-order valence-corrected chi connectivity index (χ2v) is 4.16. The van der Waals surface area contributed by atoms with Gasteiger partial charge in [0.05, 0.1) is 12.2 Å². The zero-order chi connectivity index (χ0) is 14.6. The minimum absolute atomic E-state index is 0.00306. The Hall–Kier alpha value is -1.76. The van der Waals surface area contributed by atoms with Crippen LogP contribution in [0.2, 0.25) is 0 Å². The molecule has 0 aliphatic rings. The fraction of sp³-hybridized carbons (Fsp3) is 0.417. The number of amides is 1. The monoisotopic (exact) mass is 276 g/mol. The molecule has 1 aromatic rings. The van der Waals surface area contributed by atoms with Gasteiger partial charge in [-0.15, -0.1) is 0 Å². The molecule has 0 aromatic heterocycles. The maximum absolute atomic E-state index is 12.4. The van der Waals surface area contributed by atoms with Crippen LogP contribution in [0.15, 0.2) is 18.2 Å². The van der Waals surface area contributed by atoms with E-state index in [0.717, 1.165) is 5.56 Å². The average Bonchev–Trinajstić information content (AvgIpc) is 2.26. The number of carbonyl (C=O) groups excluding carboxylic acids is 1. The summed E-state index contributed by atoms with van der Waals surface area (Å²) in [4.78, 5) is 12.5. The lowest BCUT2D eigenvalue weighted by molar-refractivity contribution is -0.141. The Labute approximate surface area is 108 Å². The van der Waals surface area contributed by atoms with Crippen molar-refractivity contribution in [2.45, 2.75) is 13.1 Å². The van der Waals surface area contributed by atoms with E-state index >= 15 is 0 Å². The lowest BCUT2D eigenvalue weighted by atomic mass is 10.1. The third kappa shape index (κ3) is 4.44. The van der Waals surface area contributed by atoms with E-state index in [1.165, 1.54) is 12.1 Å². The first-order valence-corrected chi connectivity index (χ1v) is 5.57. The number of nitrogens with two attached hydrogens (primary N) is 1. The van der Waals surface area contributed by atoms with Gasteiger partial charge in [0.25, 0.3) is 5.91 Å². The molecule has 1 rings (SSSR count). The lowest BCUT2D eigenvalue weighted by Gasteiger charge is -2.23. The second-order valence-electron chi connectivity index (χ2n) is 4.16. The summed E-state index contributed by atoms with van der Waals surface area (Å²) in [6, 6.07) is 4.49. The number of nitrogens with zero attached hydrogens (tertiary/aromatic N) is 1. The number of aryl methyl sites for hydroxylation is 1. The number of aliphatic hydroxyl groups excluding tert-OH is 1. The molecule has 1 amide bonds. The van der Waals surface area contributed by atoms with Gasteiger partial charge in [0.2, 0.25) is 0 Å². The zero-order valence-corrected chi connectivity index (χ0v) is 10.4. The van der Waals surface area contributed by atoms with Crippen LogP contribution in [-0.4, -0.2) is 41.8 Å². The van der Waals surface area contributed by atoms with Gasteiger partial charge in [0.1, 0.15) is 6.54 Å². The Bertz CT molecular complexity index is 461. The fourth-order valence-corrected chi connectivity index (χ4v) is 1.64. The molecule has 7 heteroatoms. The van der Waals surface area contributed by atoms with E-state index in [1.807, 2.05) is 0 Å². The predicted molar refractivity (Wildman–Crippen MR) is 64.6 cm³/mol. The van der Waals surface area contributed by atoms with Crippen LogP contribution in [0.3, 0.4) is 0 Å². The number of anilines is 1. The highest BCUT2D eigenvalue weighted by molar-refractivity contribution is 5.99. The van der Waals surface area contributed by atoms with Gasteiger partial charge in [-0.05, 0) is 24.6 Å². The highest BCUT2D eigenvalue weighted by Gasteiger charge is 2.33. The quantitative estimate of drug-likeness (QED) is 0.820. The van der Waals surface area contributed by atoms with E-state index in [-0.39, 0.29) is 11.3 Å². The van der Waals surface area contributed by atoms with Crippen LogP contribution in [0.5, 0.6) is 0 Å². The molecular weight excluding hydrogens is 261 g/mol. The topological polar surface area (TPSA) is 66.6 Å². The Morgan fingerprint density at radius 1 is 1.42 bits per heavy atom. The van der Waals surface area contributed by atoms with Gasteiger partial charge in [0.15, 0.2) is 0 Å². The fourth-order valence-electron chi connectivity index (χ4n) is 1.64. The Balaban J connectivity index is 2.99. The molecule has 0 heterocycles. The highest BCUT2D eigenvalue weighted by atomic mass is 19.4. The van der Waals surface area contributed by atoms with E-state index < -0.39 is 31.8 Å². The number of alkyl halides is 3.